The summed E-state index contributed by atoms with van der Waals surface area (Å²) in [6, 6.07) is 0. The van der Waals surface area contributed by atoms with Gasteiger partial charge in [0.05, 0.1) is 24.7 Å². The number of hydrogen-bond acceptors (Lipinski definition) is 5. The molecule has 1 aliphatic carbocycles. The maximum absolute atomic E-state index is 11.6. The van der Waals surface area contributed by atoms with Crippen molar-refractivity contribution < 1.29 is 19.4 Å². The molecule has 0 aromatic heterocycles. The number of nitrogens with zero attached hydrogens (tertiary/aromatic N) is 1. The van der Waals surface area contributed by atoms with Gasteiger partial charge < -0.3 is 19.5 Å². The van der Waals surface area contributed by atoms with Crippen LogP contribution < -0.4 is 0 Å². The first-order valence-electron chi connectivity index (χ1n) is 7.07. The summed E-state index contributed by atoms with van der Waals surface area (Å²) in [6.45, 7) is 4.35. The van der Waals surface area contributed by atoms with Crippen molar-refractivity contribution in [2.45, 2.75) is 38.2 Å². The van der Waals surface area contributed by atoms with Crippen molar-refractivity contribution in [1.29, 1.82) is 0 Å². The SMILES string of the molecule is CCOC(=O)C1CCC(O)(CN(C)CCOC)CC1. The molecule has 1 N–H and O–H groups in total. The van der Waals surface area contributed by atoms with E-state index in [-0.39, 0.29) is 11.9 Å². The predicted octanol–water partition coefficient (Wildman–Crippen LogP) is 1.05. The van der Waals surface area contributed by atoms with Crippen molar-refractivity contribution in [3.63, 3.8) is 0 Å². The molecule has 0 amide bonds. The van der Waals surface area contributed by atoms with Crippen LogP contribution in [-0.4, -0.2) is 62.0 Å². The molecule has 112 valence electrons. The van der Waals surface area contributed by atoms with Crippen LogP contribution in [0.15, 0.2) is 0 Å². The molecule has 1 saturated carbocycles. The largest absolute Gasteiger partial charge is 0.466 e. The maximum Gasteiger partial charge on any atom is 0.308 e. The molecular weight excluding hydrogens is 246 g/mol. The molecule has 0 unspecified atom stereocenters. The molecule has 19 heavy (non-hydrogen) atoms. The minimum Gasteiger partial charge on any atom is -0.466 e. The zero-order valence-corrected chi connectivity index (χ0v) is 12.4. The summed E-state index contributed by atoms with van der Waals surface area (Å²) in [5.74, 6) is -0.151. The molecule has 5 nitrogen and oxygen atoms in total. The van der Waals surface area contributed by atoms with Gasteiger partial charge in [0.25, 0.3) is 0 Å². The molecule has 0 heterocycles. The molecule has 1 rings (SSSR count). The van der Waals surface area contributed by atoms with Crippen LogP contribution in [0.3, 0.4) is 0 Å². The van der Waals surface area contributed by atoms with Gasteiger partial charge in [-0.1, -0.05) is 0 Å². The second-order valence-corrected chi connectivity index (χ2v) is 5.48. The number of carbonyl (C=O) groups is 1. The molecule has 1 aliphatic rings. The Bertz CT molecular complexity index is 275. The number of rotatable bonds is 7. The van der Waals surface area contributed by atoms with E-state index in [1.807, 2.05) is 14.0 Å². The number of hydrogen-bond donors (Lipinski definition) is 1. The Kier molecular flexibility index (Phi) is 6.75. The number of esters is 1. The first-order chi connectivity index (χ1) is 9.00. The van der Waals surface area contributed by atoms with Gasteiger partial charge in [-0.15, -0.1) is 0 Å². The highest BCUT2D eigenvalue weighted by Crippen LogP contribution is 2.33. The summed E-state index contributed by atoms with van der Waals surface area (Å²) < 4.78 is 10.1. The van der Waals surface area contributed by atoms with E-state index < -0.39 is 5.60 Å². The highest BCUT2D eigenvalue weighted by atomic mass is 16.5. The summed E-state index contributed by atoms with van der Waals surface area (Å²) in [4.78, 5) is 13.7. The van der Waals surface area contributed by atoms with Crippen molar-refractivity contribution in [1.82, 2.24) is 4.90 Å². The normalized spacial score (nSPS) is 27.5. The number of likely N-dealkylation sites (N-methyl/N-ethyl adjacent to an activating group) is 1. The Hall–Kier alpha value is -0.650. The van der Waals surface area contributed by atoms with E-state index in [0.717, 1.165) is 6.54 Å². The third kappa shape index (κ3) is 5.47. The first-order valence-corrected chi connectivity index (χ1v) is 7.07. The zero-order valence-electron chi connectivity index (χ0n) is 12.4. The lowest BCUT2D eigenvalue weighted by molar-refractivity contribution is -0.151. The van der Waals surface area contributed by atoms with E-state index in [2.05, 4.69) is 4.90 Å². The van der Waals surface area contributed by atoms with Crippen molar-refractivity contribution in [2.75, 3.05) is 40.5 Å². The van der Waals surface area contributed by atoms with Gasteiger partial charge in [0.15, 0.2) is 0 Å². The average molecular weight is 273 g/mol. The van der Waals surface area contributed by atoms with Gasteiger partial charge in [0, 0.05) is 20.2 Å². The van der Waals surface area contributed by atoms with E-state index >= 15 is 0 Å². The fourth-order valence-electron chi connectivity index (χ4n) is 2.64. The second kappa shape index (κ2) is 7.82. The van der Waals surface area contributed by atoms with Crippen molar-refractivity contribution in [3.8, 4) is 0 Å². The minimum absolute atomic E-state index is 0.0375. The van der Waals surface area contributed by atoms with Crippen LogP contribution in [0.5, 0.6) is 0 Å². The molecule has 0 atom stereocenters. The number of methoxy groups -OCH3 is 1. The highest BCUT2D eigenvalue weighted by molar-refractivity contribution is 5.72. The molecule has 0 radical (unpaired) electrons. The van der Waals surface area contributed by atoms with Gasteiger partial charge in [0.2, 0.25) is 0 Å². The van der Waals surface area contributed by atoms with Gasteiger partial charge in [-0.05, 0) is 39.7 Å². The Labute approximate surface area is 115 Å². The summed E-state index contributed by atoms with van der Waals surface area (Å²) in [5.41, 5.74) is -0.675. The van der Waals surface area contributed by atoms with Crippen molar-refractivity contribution in [3.05, 3.63) is 0 Å². The van der Waals surface area contributed by atoms with E-state index in [1.54, 1.807) is 7.11 Å². The third-order valence-corrected chi connectivity index (χ3v) is 3.78. The maximum atomic E-state index is 11.6. The molecular formula is C14H27NO4. The quantitative estimate of drug-likeness (QED) is 0.703. The van der Waals surface area contributed by atoms with Gasteiger partial charge in [-0.3, -0.25) is 4.79 Å². The van der Waals surface area contributed by atoms with E-state index in [4.69, 9.17) is 9.47 Å². The Morgan fingerprint density at radius 2 is 2.05 bits per heavy atom. The van der Waals surface area contributed by atoms with Crippen LogP contribution in [-0.2, 0) is 14.3 Å². The molecule has 0 aromatic carbocycles. The zero-order chi connectivity index (χ0) is 14.3. The number of aliphatic hydroxyl groups is 1. The van der Waals surface area contributed by atoms with Crippen LogP contribution >= 0.6 is 0 Å². The van der Waals surface area contributed by atoms with E-state index in [1.165, 1.54) is 0 Å². The fourth-order valence-corrected chi connectivity index (χ4v) is 2.64. The van der Waals surface area contributed by atoms with Crippen LogP contribution in [0, 0.1) is 5.92 Å². The number of ether oxygens (including phenoxy) is 2. The molecule has 0 aliphatic heterocycles. The lowest BCUT2D eigenvalue weighted by atomic mass is 9.78. The Balaban J connectivity index is 2.36. The minimum atomic E-state index is -0.675. The van der Waals surface area contributed by atoms with Crippen molar-refractivity contribution in [2.24, 2.45) is 5.92 Å². The van der Waals surface area contributed by atoms with E-state index in [9.17, 15) is 9.90 Å². The second-order valence-electron chi connectivity index (χ2n) is 5.48. The summed E-state index contributed by atoms with van der Waals surface area (Å²) in [5, 5.41) is 10.5. The van der Waals surface area contributed by atoms with Gasteiger partial charge in [-0.2, -0.15) is 0 Å². The number of carbonyl (C=O) groups excluding carboxylic acids is 1. The van der Waals surface area contributed by atoms with Gasteiger partial charge in [-0.25, -0.2) is 0 Å². The topological polar surface area (TPSA) is 59.0 Å². The first kappa shape index (κ1) is 16.4. The van der Waals surface area contributed by atoms with Gasteiger partial charge >= 0.3 is 5.97 Å². The Morgan fingerprint density at radius 1 is 1.42 bits per heavy atom. The molecule has 1 fully saturated rings. The predicted molar refractivity (Wildman–Crippen MR) is 72.9 cm³/mol. The van der Waals surface area contributed by atoms with Crippen LogP contribution in [0.2, 0.25) is 0 Å². The summed E-state index contributed by atoms with van der Waals surface area (Å²) >= 11 is 0. The van der Waals surface area contributed by atoms with Crippen LogP contribution in [0.4, 0.5) is 0 Å². The summed E-state index contributed by atoms with van der Waals surface area (Å²) in [7, 11) is 3.65. The lowest BCUT2D eigenvalue weighted by Gasteiger charge is -2.37. The van der Waals surface area contributed by atoms with Crippen LogP contribution in [0.1, 0.15) is 32.6 Å². The Morgan fingerprint density at radius 3 is 2.58 bits per heavy atom. The fraction of sp³-hybridized carbons (Fsp3) is 0.929. The average Bonchev–Trinajstić information content (AvgIpc) is 2.37. The molecule has 0 bridgehead atoms. The lowest BCUT2D eigenvalue weighted by Crippen LogP contribution is -2.45. The molecule has 5 heteroatoms. The molecule has 0 saturated heterocycles. The van der Waals surface area contributed by atoms with Crippen molar-refractivity contribution >= 4 is 5.97 Å². The van der Waals surface area contributed by atoms with Gasteiger partial charge in [0.1, 0.15) is 0 Å². The standard InChI is InChI=1S/C14H27NO4/c1-4-19-13(16)12-5-7-14(17,8-6-12)11-15(2)9-10-18-3/h12,17H,4-11H2,1-3H3. The van der Waals surface area contributed by atoms with Crippen LogP contribution in [0.25, 0.3) is 0 Å². The molecule has 0 spiro atoms. The smallest absolute Gasteiger partial charge is 0.308 e. The third-order valence-electron chi connectivity index (χ3n) is 3.78. The monoisotopic (exact) mass is 273 g/mol. The molecule has 0 aromatic rings. The highest BCUT2D eigenvalue weighted by Gasteiger charge is 2.36. The van der Waals surface area contributed by atoms with E-state index in [0.29, 0.717) is 45.4 Å². The summed E-state index contributed by atoms with van der Waals surface area (Å²) in [6.07, 6.45) is 2.75.